The first-order valence-electron chi connectivity index (χ1n) is 13.8. The first-order valence-corrected chi connectivity index (χ1v) is 13.8. The lowest BCUT2D eigenvalue weighted by Gasteiger charge is -2.35. The van der Waals surface area contributed by atoms with Crippen molar-refractivity contribution in [1.29, 1.82) is 0 Å². The highest BCUT2D eigenvalue weighted by Crippen LogP contribution is 2.27. The SMILES string of the molecule is CCCCCCN(C(=O)C(CO)NC(=O)OC(C)(C)C)C(C(=O)NCCC(=O)OCC)c1ccc(C)cc1C. The molecule has 2 unspecified atom stereocenters. The number of aliphatic hydroxyl groups excluding tert-OH is 1. The first-order chi connectivity index (χ1) is 18.3. The largest absolute Gasteiger partial charge is 0.466 e. The summed E-state index contributed by atoms with van der Waals surface area (Å²) in [6, 6.07) is 3.24. The van der Waals surface area contributed by atoms with Crippen LogP contribution < -0.4 is 10.6 Å². The van der Waals surface area contributed by atoms with E-state index in [1.807, 2.05) is 32.0 Å². The predicted octanol–water partition coefficient (Wildman–Crippen LogP) is 3.71. The van der Waals surface area contributed by atoms with Gasteiger partial charge in [0.15, 0.2) is 0 Å². The zero-order valence-electron chi connectivity index (χ0n) is 24.6. The van der Waals surface area contributed by atoms with Gasteiger partial charge >= 0.3 is 12.1 Å². The number of carbonyl (C=O) groups is 4. The summed E-state index contributed by atoms with van der Waals surface area (Å²) in [5.41, 5.74) is 1.63. The van der Waals surface area contributed by atoms with Crippen molar-refractivity contribution in [3.63, 3.8) is 0 Å². The summed E-state index contributed by atoms with van der Waals surface area (Å²) < 4.78 is 10.2. The van der Waals surface area contributed by atoms with Crippen molar-refractivity contribution >= 4 is 23.9 Å². The molecule has 1 aromatic rings. The zero-order chi connectivity index (χ0) is 29.6. The van der Waals surface area contributed by atoms with Crippen LogP contribution in [0.4, 0.5) is 4.79 Å². The molecule has 10 nitrogen and oxygen atoms in total. The lowest BCUT2D eigenvalue weighted by atomic mass is 9.96. The van der Waals surface area contributed by atoms with Crippen LogP contribution in [0.2, 0.25) is 0 Å². The lowest BCUT2D eigenvalue weighted by molar-refractivity contribution is -0.144. The molecule has 3 N–H and O–H groups in total. The number of nitrogens with one attached hydrogen (secondary N) is 2. The number of nitrogens with zero attached hydrogens (tertiary/aromatic N) is 1. The van der Waals surface area contributed by atoms with Gasteiger partial charge in [0.25, 0.3) is 0 Å². The van der Waals surface area contributed by atoms with Crippen molar-refractivity contribution in [3.8, 4) is 0 Å². The number of rotatable bonds is 15. The number of aryl methyl sites for hydroxylation is 2. The molecule has 0 spiro atoms. The Balaban J connectivity index is 3.40. The van der Waals surface area contributed by atoms with Crippen molar-refractivity contribution in [2.75, 3.05) is 26.3 Å². The van der Waals surface area contributed by atoms with Crippen LogP contribution in [-0.2, 0) is 23.9 Å². The zero-order valence-corrected chi connectivity index (χ0v) is 24.6. The van der Waals surface area contributed by atoms with Gasteiger partial charge in [0.05, 0.1) is 19.6 Å². The fourth-order valence-corrected chi connectivity index (χ4v) is 4.11. The lowest BCUT2D eigenvalue weighted by Crippen LogP contribution is -2.54. The number of benzene rings is 1. The summed E-state index contributed by atoms with van der Waals surface area (Å²) in [6.45, 7) is 12.5. The van der Waals surface area contributed by atoms with Crippen molar-refractivity contribution in [2.24, 2.45) is 0 Å². The molecule has 0 saturated carbocycles. The molecule has 0 saturated heterocycles. The second-order valence-corrected chi connectivity index (χ2v) is 10.6. The van der Waals surface area contributed by atoms with Gasteiger partial charge in [-0.15, -0.1) is 0 Å². The summed E-state index contributed by atoms with van der Waals surface area (Å²) in [7, 11) is 0. The normalized spacial score (nSPS) is 12.7. The molecule has 0 fully saturated rings. The second kappa shape index (κ2) is 16.7. The van der Waals surface area contributed by atoms with Crippen LogP contribution in [0, 0.1) is 13.8 Å². The average molecular weight is 550 g/mol. The predicted molar refractivity (Wildman–Crippen MR) is 149 cm³/mol. The van der Waals surface area contributed by atoms with Crippen LogP contribution in [0.25, 0.3) is 0 Å². The third-order valence-electron chi connectivity index (χ3n) is 5.92. The molecule has 0 heterocycles. The third kappa shape index (κ3) is 12.1. The maximum atomic E-state index is 13.8. The Labute approximate surface area is 232 Å². The quantitative estimate of drug-likeness (QED) is 0.224. The summed E-state index contributed by atoms with van der Waals surface area (Å²) in [4.78, 5) is 53.2. The van der Waals surface area contributed by atoms with E-state index in [2.05, 4.69) is 17.6 Å². The Bertz CT molecular complexity index is 959. The Morgan fingerprint density at radius 1 is 1.05 bits per heavy atom. The monoisotopic (exact) mass is 549 g/mol. The van der Waals surface area contributed by atoms with Gasteiger partial charge in [0.1, 0.15) is 17.7 Å². The topological polar surface area (TPSA) is 134 Å². The number of esters is 1. The number of amides is 3. The molecular formula is C29H47N3O7. The van der Waals surface area contributed by atoms with E-state index in [0.717, 1.165) is 30.4 Å². The van der Waals surface area contributed by atoms with E-state index in [0.29, 0.717) is 12.0 Å². The number of aliphatic hydroxyl groups is 1. The number of ether oxygens (including phenoxy) is 2. The van der Waals surface area contributed by atoms with Crippen LogP contribution in [0.15, 0.2) is 18.2 Å². The smallest absolute Gasteiger partial charge is 0.408 e. The van der Waals surface area contributed by atoms with Crippen LogP contribution in [0.1, 0.15) is 89.5 Å². The number of carbonyl (C=O) groups excluding carboxylic acids is 4. The Morgan fingerprint density at radius 2 is 1.74 bits per heavy atom. The number of hydrogen-bond acceptors (Lipinski definition) is 7. The summed E-state index contributed by atoms with van der Waals surface area (Å²) in [5, 5.41) is 15.3. The number of alkyl carbamates (subject to hydrolysis) is 1. The van der Waals surface area contributed by atoms with Crippen LogP contribution in [-0.4, -0.2) is 71.8 Å². The third-order valence-corrected chi connectivity index (χ3v) is 5.92. The molecule has 2 atom stereocenters. The Morgan fingerprint density at radius 3 is 2.31 bits per heavy atom. The van der Waals surface area contributed by atoms with Crippen molar-refractivity contribution < 1.29 is 33.8 Å². The summed E-state index contributed by atoms with van der Waals surface area (Å²) in [5.74, 6) is -1.51. The molecule has 1 aromatic carbocycles. The second-order valence-electron chi connectivity index (χ2n) is 10.6. The molecule has 0 aliphatic rings. The molecule has 0 aliphatic heterocycles. The van der Waals surface area contributed by atoms with E-state index in [1.54, 1.807) is 27.7 Å². The average Bonchev–Trinajstić information content (AvgIpc) is 2.84. The number of hydrogen-bond donors (Lipinski definition) is 3. The van der Waals surface area contributed by atoms with Crippen molar-refractivity contribution in [1.82, 2.24) is 15.5 Å². The maximum absolute atomic E-state index is 13.8. The molecule has 3 amide bonds. The fraction of sp³-hybridized carbons (Fsp3) is 0.655. The molecule has 1 rings (SSSR count). The highest BCUT2D eigenvalue weighted by Gasteiger charge is 2.36. The molecule has 10 heteroatoms. The molecule has 220 valence electrons. The van der Waals surface area contributed by atoms with E-state index < -0.39 is 48.2 Å². The first kappa shape index (κ1) is 33.9. The fourth-order valence-electron chi connectivity index (χ4n) is 4.11. The maximum Gasteiger partial charge on any atom is 0.408 e. The molecule has 0 bridgehead atoms. The van der Waals surface area contributed by atoms with Gasteiger partial charge in [-0.2, -0.15) is 0 Å². The van der Waals surface area contributed by atoms with E-state index in [4.69, 9.17) is 9.47 Å². The Hall–Kier alpha value is -3.14. The van der Waals surface area contributed by atoms with Gasteiger partial charge in [-0.25, -0.2) is 4.79 Å². The van der Waals surface area contributed by atoms with Gasteiger partial charge < -0.3 is 30.1 Å². The highest BCUT2D eigenvalue weighted by atomic mass is 16.6. The number of unbranched alkanes of at least 4 members (excludes halogenated alkanes) is 3. The molecule has 0 aromatic heterocycles. The summed E-state index contributed by atoms with van der Waals surface area (Å²) in [6.07, 6.45) is 2.56. The van der Waals surface area contributed by atoms with Gasteiger partial charge in [0, 0.05) is 13.1 Å². The van der Waals surface area contributed by atoms with Crippen LogP contribution in [0.3, 0.4) is 0 Å². The van der Waals surface area contributed by atoms with Gasteiger partial charge in [0.2, 0.25) is 11.8 Å². The van der Waals surface area contributed by atoms with Crippen LogP contribution >= 0.6 is 0 Å². The van der Waals surface area contributed by atoms with E-state index >= 15 is 0 Å². The minimum absolute atomic E-state index is 0.0108. The molecule has 39 heavy (non-hydrogen) atoms. The summed E-state index contributed by atoms with van der Waals surface area (Å²) >= 11 is 0. The molecule has 0 aliphatic carbocycles. The van der Waals surface area contributed by atoms with Gasteiger partial charge in [-0.3, -0.25) is 14.4 Å². The minimum Gasteiger partial charge on any atom is -0.466 e. The van der Waals surface area contributed by atoms with Gasteiger partial charge in [-0.1, -0.05) is 49.9 Å². The van der Waals surface area contributed by atoms with E-state index in [9.17, 15) is 24.3 Å². The molecule has 0 radical (unpaired) electrons. The standard InChI is InChI=1S/C29H47N3O7/c1-8-10-11-12-17-32(27(36)23(19-33)31-28(37)39-29(5,6)7)25(22-14-13-20(3)18-21(22)4)26(35)30-16-15-24(34)38-9-2/h13-14,18,23,25,33H,8-12,15-17,19H2,1-7H3,(H,30,35)(H,31,37). The molecular weight excluding hydrogens is 502 g/mol. The highest BCUT2D eigenvalue weighted by molar-refractivity contribution is 5.92. The van der Waals surface area contributed by atoms with Gasteiger partial charge in [-0.05, 0) is 59.1 Å². The Kier molecular flexibility index (Phi) is 14.5. The minimum atomic E-state index is -1.31. The van der Waals surface area contributed by atoms with Crippen LogP contribution in [0.5, 0.6) is 0 Å². The van der Waals surface area contributed by atoms with Crippen molar-refractivity contribution in [3.05, 3.63) is 34.9 Å². The van der Waals surface area contributed by atoms with Crippen molar-refractivity contribution in [2.45, 2.75) is 98.3 Å². The van der Waals surface area contributed by atoms with E-state index in [1.165, 1.54) is 4.90 Å². The van der Waals surface area contributed by atoms with E-state index in [-0.39, 0.29) is 26.1 Å².